The van der Waals surface area contributed by atoms with Crippen molar-refractivity contribution in [3.8, 4) is 55.9 Å². The van der Waals surface area contributed by atoms with Crippen LogP contribution in [0.15, 0.2) is 201 Å². The summed E-state index contributed by atoms with van der Waals surface area (Å²) in [5.74, 6) is 0. The number of rotatable bonds is 6. The molecule has 0 aliphatic heterocycles. The van der Waals surface area contributed by atoms with Crippen molar-refractivity contribution >= 4 is 17.1 Å². The lowest BCUT2D eigenvalue weighted by atomic mass is 10.1. The van der Waals surface area contributed by atoms with Crippen LogP contribution in [0, 0.1) is 20.2 Å². The number of pyridine rings is 4. The highest BCUT2D eigenvalue weighted by Crippen LogP contribution is 2.38. The van der Waals surface area contributed by atoms with E-state index in [1.165, 1.54) is 73.5 Å². The molecule has 0 unspecified atom stereocenters. The fourth-order valence-corrected chi connectivity index (χ4v) is 8.11. The Morgan fingerprint density at radius 2 is 0.923 bits per heavy atom. The molecule has 4 heterocycles. The lowest BCUT2D eigenvalue weighted by Crippen LogP contribution is -3.00. The molecule has 2 aliphatic carbocycles. The van der Waals surface area contributed by atoms with Gasteiger partial charge < -0.3 is 30.5 Å². The Morgan fingerprint density at radius 1 is 0.462 bits per heavy atom. The fourth-order valence-electron chi connectivity index (χ4n) is 8.11. The highest BCUT2D eigenvalue weighted by Gasteiger charge is 2.26. The summed E-state index contributed by atoms with van der Waals surface area (Å²) in [6.45, 7) is 0. The average molecular weight is 897 g/mol. The zero-order chi connectivity index (χ0) is 43.3. The maximum absolute atomic E-state index is 11.2. The minimum atomic E-state index is -0.659. The summed E-state index contributed by atoms with van der Waals surface area (Å²) in [4.78, 5) is 28.8. The summed E-state index contributed by atoms with van der Waals surface area (Å²) in [5, 5.41) is 22.0. The van der Waals surface area contributed by atoms with Crippen LogP contribution in [0.5, 0.6) is 0 Å². The lowest BCUT2D eigenvalue weighted by Gasteiger charge is -2.03. The molecule has 0 radical (unpaired) electrons. The molecule has 0 fully saturated rings. The molecule has 2 N–H and O–H groups in total. The zero-order valence-corrected chi connectivity index (χ0v) is 36.1. The topological polar surface area (TPSA) is 146 Å². The Hall–Kier alpha value is -8.12. The summed E-state index contributed by atoms with van der Waals surface area (Å²) in [5.41, 5.74) is 22.8. The van der Waals surface area contributed by atoms with E-state index >= 15 is 0 Å². The predicted molar refractivity (Wildman–Crippen MR) is 243 cm³/mol. The van der Waals surface area contributed by atoms with Gasteiger partial charge in [0.2, 0.25) is 5.69 Å². The molecule has 0 atom stereocenters. The van der Waals surface area contributed by atoms with Gasteiger partial charge in [-0.25, -0.2) is 0 Å². The summed E-state index contributed by atoms with van der Waals surface area (Å²) >= 11 is 0. The number of fused-ring (bicyclic) bond motifs is 6. The lowest BCUT2D eigenvalue weighted by molar-refractivity contribution is -0.600. The van der Waals surface area contributed by atoms with Crippen LogP contribution in [0.2, 0.25) is 0 Å². The van der Waals surface area contributed by atoms with Crippen molar-refractivity contribution in [2.75, 3.05) is 5.73 Å². The maximum Gasteiger partial charge on any atom is 0.347 e. The van der Waals surface area contributed by atoms with Crippen molar-refractivity contribution < 1.29 is 43.8 Å². The molecule has 4 aromatic heterocycles. The molecule has 0 saturated carbocycles. The normalized spacial score (nSPS) is 11.0. The number of hydrogen-bond donors (Lipinski definition) is 1. The molecule has 0 saturated heterocycles. The molecule has 65 heavy (non-hydrogen) atoms. The van der Waals surface area contributed by atoms with E-state index in [-0.39, 0.29) is 41.9 Å². The van der Waals surface area contributed by atoms with Gasteiger partial charge in [-0.1, -0.05) is 54.6 Å². The molecule has 13 heteroatoms. The minimum Gasteiger partial charge on any atom is -1.00 e. The number of anilines is 1. The number of nitrogens with two attached hydrogens (primary N) is 1. The molecule has 320 valence electrons. The first-order chi connectivity index (χ1) is 30.8. The number of halogens is 2. The van der Waals surface area contributed by atoms with Crippen molar-refractivity contribution in [2.24, 2.45) is 0 Å². The van der Waals surface area contributed by atoms with E-state index in [2.05, 4.69) is 118 Å². The summed E-state index contributed by atoms with van der Waals surface area (Å²) < 4.78 is 3.72. The van der Waals surface area contributed by atoms with Gasteiger partial charge in [-0.3, -0.25) is 30.2 Å². The number of nitro benzene ring substituents is 2. The van der Waals surface area contributed by atoms with Crippen LogP contribution in [0.1, 0.15) is 22.3 Å². The molecule has 11 rings (SSSR count). The van der Waals surface area contributed by atoms with Crippen molar-refractivity contribution in [3.63, 3.8) is 0 Å². The highest BCUT2D eigenvalue weighted by molar-refractivity contribution is 5.79. The maximum atomic E-state index is 11.2. The number of hydrogen-bond acceptors (Lipinski definition) is 7. The van der Waals surface area contributed by atoms with E-state index in [1.807, 2.05) is 42.7 Å². The number of nitrogens with zero attached hydrogens (tertiary/aromatic N) is 6. The van der Waals surface area contributed by atoms with Crippen LogP contribution in [0.25, 0.3) is 55.9 Å². The molecular weight excluding hydrogens is 858 g/mol. The zero-order valence-electron chi connectivity index (χ0n) is 34.6. The van der Waals surface area contributed by atoms with Crippen LogP contribution < -0.4 is 39.7 Å². The van der Waals surface area contributed by atoms with E-state index in [1.54, 1.807) is 41.5 Å². The Morgan fingerprint density at radius 3 is 1.45 bits per heavy atom. The molecule has 9 aromatic rings. The summed E-state index contributed by atoms with van der Waals surface area (Å²) in [7, 11) is 0. The second-order valence-electron chi connectivity index (χ2n) is 15.1. The monoisotopic (exact) mass is 895 g/mol. The van der Waals surface area contributed by atoms with Crippen LogP contribution in [0.3, 0.4) is 0 Å². The van der Waals surface area contributed by atoms with E-state index in [9.17, 15) is 20.2 Å². The van der Waals surface area contributed by atoms with E-state index in [0.717, 1.165) is 35.7 Å². The van der Waals surface area contributed by atoms with Crippen molar-refractivity contribution in [1.82, 2.24) is 9.97 Å². The number of nitrogen functional groups attached to an aromatic ring is 1. The van der Waals surface area contributed by atoms with Crippen LogP contribution in [-0.2, 0) is 12.8 Å². The van der Waals surface area contributed by atoms with Crippen molar-refractivity contribution in [2.45, 2.75) is 12.8 Å². The summed E-state index contributed by atoms with van der Waals surface area (Å²) in [6, 6.07) is 49.4. The molecule has 0 amide bonds. The molecule has 0 bridgehead atoms. The SMILES string of the molecule is Nc1ccc2c(c1)Cc1ccccc1-2.O=[N+]([O-])c1ccc(-[n+]2ccc(-c3ccncc3)cc2)c([N+](=O)[O-])c1.[Cl-].[Cl-].c1ccc2c(c1)Cc1cc(-[n+]3ccc(-c4ccncc4)cc3)ccc1-2. The largest absolute Gasteiger partial charge is 1.00 e. The second-order valence-corrected chi connectivity index (χ2v) is 15.1. The third-order valence-corrected chi connectivity index (χ3v) is 11.2. The third kappa shape index (κ3) is 9.77. The Labute approximate surface area is 387 Å². The van der Waals surface area contributed by atoms with Gasteiger partial charge in [0.1, 0.15) is 6.07 Å². The van der Waals surface area contributed by atoms with Gasteiger partial charge >= 0.3 is 5.69 Å². The van der Waals surface area contributed by atoms with E-state index in [4.69, 9.17) is 5.73 Å². The molecular formula is C52H39Cl2N7O4. The number of benzene rings is 5. The van der Waals surface area contributed by atoms with Gasteiger partial charge in [0, 0.05) is 79.0 Å². The van der Waals surface area contributed by atoms with E-state index < -0.39 is 9.85 Å². The first-order valence-corrected chi connectivity index (χ1v) is 20.2. The molecule has 0 spiro atoms. The smallest absolute Gasteiger partial charge is 0.347 e. The Balaban J connectivity index is 0.000000148. The van der Waals surface area contributed by atoms with Crippen molar-refractivity contribution in [1.29, 1.82) is 0 Å². The first kappa shape index (κ1) is 44.9. The fraction of sp³-hybridized carbons (Fsp3) is 0.0385. The van der Waals surface area contributed by atoms with Gasteiger partial charge in [-0.2, -0.15) is 9.13 Å². The van der Waals surface area contributed by atoms with Crippen molar-refractivity contribution in [3.05, 3.63) is 244 Å². The van der Waals surface area contributed by atoms with Gasteiger partial charge in [0.25, 0.3) is 11.4 Å². The minimum absolute atomic E-state index is 0. The van der Waals surface area contributed by atoms with Crippen LogP contribution in [0.4, 0.5) is 17.1 Å². The van der Waals surface area contributed by atoms with Gasteiger partial charge in [0.05, 0.1) is 9.85 Å². The first-order valence-electron chi connectivity index (χ1n) is 20.2. The number of non-ortho nitro benzene ring substituents is 1. The second kappa shape index (κ2) is 19.9. The van der Waals surface area contributed by atoms with Gasteiger partial charge in [-0.15, -0.1) is 0 Å². The Bertz CT molecular complexity index is 3140. The third-order valence-electron chi connectivity index (χ3n) is 11.2. The molecule has 2 aliphatic rings. The van der Waals surface area contributed by atoms with Crippen LogP contribution >= 0.6 is 0 Å². The van der Waals surface area contributed by atoms with Gasteiger partial charge in [0.15, 0.2) is 24.8 Å². The molecule has 11 nitrogen and oxygen atoms in total. The van der Waals surface area contributed by atoms with E-state index in [0.29, 0.717) is 0 Å². The average Bonchev–Trinajstić information content (AvgIpc) is 3.90. The highest BCUT2D eigenvalue weighted by atomic mass is 35.5. The molecule has 5 aromatic carbocycles. The van der Waals surface area contributed by atoms with Gasteiger partial charge in [-0.05, 0) is 122 Å². The quantitative estimate of drug-likeness (QED) is 0.114. The summed E-state index contributed by atoms with van der Waals surface area (Å²) in [6.07, 6.45) is 16.6. The standard InChI is InChI=1S/C23H17N2.C16H11N4O4.C13H11N.2ClH/c1-2-4-22-19(3-1)15-20-16-21(5-6-23(20)22)25-13-9-18(10-14-25)17-7-11-24-12-8-17;21-19(22)14-1-2-15(16(11-14)20(23)24)18-9-5-13(6-10-18)12-3-7-17-8-4-12;14-11-5-6-13-10(8-11)7-9-3-1-2-4-12(9)13;;/h1-14,16H,15H2;1-11H;1-6,8H,7,14H2;2*1H/q2*+1;;;/p-2. The predicted octanol–water partition coefficient (Wildman–Crippen LogP) is 4.29. The number of aromatic nitrogens is 4. The van der Waals surface area contributed by atoms with Crippen LogP contribution in [-0.4, -0.2) is 19.8 Å². The Kier molecular flexibility index (Phi) is 13.8. The number of nitro groups is 2.